The van der Waals surface area contributed by atoms with E-state index in [2.05, 4.69) is 0 Å². The third-order valence-corrected chi connectivity index (χ3v) is 5.28. The molecule has 2 aliphatic rings. The third-order valence-electron chi connectivity index (χ3n) is 4.96. The van der Waals surface area contributed by atoms with E-state index < -0.39 is 0 Å². The largest absolute Gasteiger partial charge is 0.399 e. The fourth-order valence-electron chi connectivity index (χ4n) is 3.95. The van der Waals surface area contributed by atoms with Crippen molar-refractivity contribution in [3.05, 3.63) is 28.8 Å². The number of nitrogens with two attached hydrogens (primary N) is 1. The molecule has 1 aromatic carbocycles. The van der Waals surface area contributed by atoms with Gasteiger partial charge in [0.1, 0.15) is 0 Å². The van der Waals surface area contributed by atoms with Crippen LogP contribution in [0.3, 0.4) is 0 Å². The standard InChI is InChI=1S/C16H21ClN2O/c1-19(9-12-7-10-2-3-11(12)6-10)16(20)14-5-4-13(18)8-15(14)17/h4-5,8,10-12H,2-3,6-7,9,18H2,1H3. The highest BCUT2D eigenvalue weighted by Crippen LogP contribution is 2.48. The van der Waals surface area contributed by atoms with E-state index >= 15 is 0 Å². The highest BCUT2D eigenvalue weighted by atomic mass is 35.5. The highest BCUT2D eigenvalue weighted by Gasteiger charge is 2.40. The normalized spacial score (nSPS) is 27.8. The molecule has 3 atom stereocenters. The predicted molar refractivity (Wildman–Crippen MR) is 81.8 cm³/mol. The molecule has 0 aliphatic heterocycles. The molecule has 108 valence electrons. The molecule has 20 heavy (non-hydrogen) atoms. The summed E-state index contributed by atoms with van der Waals surface area (Å²) in [6.07, 6.45) is 5.40. The lowest BCUT2D eigenvalue weighted by molar-refractivity contribution is 0.0754. The average molecular weight is 293 g/mol. The summed E-state index contributed by atoms with van der Waals surface area (Å²) in [5, 5.41) is 0.440. The monoisotopic (exact) mass is 292 g/mol. The van der Waals surface area contributed by atoms with E-state index in [9.17, 15) is 4.79 Å². The molecule has 2 aliphatic carbocycles. The van der Waals surface area contributed by atoms with Gasteiger partial charge >= 0.3 is 0 Å². The van der Waals surface area contributed by atoms with Crippen LogP contribution in [0.15, 0.2) is 18.2 Å². The zero-order valence-corrected chi connectivity index (χ0v) is 12.6. The van der Waals surface area contributed by atoms with E-state index in [4.69, 9.17) is 17.3 Å². The van der Waals surface area contributed by atoms with Crippen molar-refractivity contribution in [1.82, 2.24) is 4.90 Å². The number of halogens is 1. The van der Waals surface area contributed by atoms with Crippen LogP contribution in [0.25, 0.3) is 0 Å². The van der Waals surface area contributed by atoms with Gasteiger partial charge in [0, 0.05) is 19.3 Å². The van der Waals surface area contributed by atoms with Gasteiger partial charge in [-0.2, -0.15) is 0 Å². The Bertz CT molecular complexity index is 531. The first-order valence-corrected chi connectivity index (χ1v) is 7.73. The van der Waals surface area contributed by atoms with E-state index in [-0.39, 0.29) is 5.91 Å². The Kier molecular flexibility index (Phi) is 3.63. The maximum atomic E-state index is 12.5. The summed E-state index contributed by atoms with van der Waals surface area (Å²) in [7, 11) is 1.88. The molecule has 0 radical (unpaired) electrons. The molecule has 3 rings (SSSR count). The number of hydrogen-bond donors (Lipinski definition) is 1. The molecular weight excluding hydrogens is 272 g/mol. The van der Waals surface area contributed by atoms with Crippen molar-refractivity contribution in [1.29, 1.82) is 0 Å². The maximum absolute atomic E-state index is 12.5. The molecule has 0 aromatic heterocycles. The fourth-order valence-corrected chi connectivity index (χ4v) is 4.21. The second-order valence-electron chi connectivity index (χ2n) is 6.36. The third kappa shape index (κ3) is 2.51. The second kappa shape index (κ2) is 5.28. The zero-order chi connectivity index (χ0) is 14.3. The summed E-state index contributed by atoms with van der Waals surface area (Å²) in [5.74, 6) is 2.42. The highest BCUT2D eigenvalue weighted by molar-refractivity contribution is 6.34. The van der Waals surface area contributed by atoms with Gasteiger partial charge in [-0.3, -0.25) is 4.79 Å². The van der Waals surface area contributed by atoms with E-state index in [1.54, 1.807) is 18.2 Å². The summed E-state index contributed by atoms with van der Waals surface area (Å²) in [6.45, 7) is 0.848. The molecule has 3 unspecified atom stereocenters. The number of fused-ring (bicyclic) bond motifs is 2. The Balaban J connectivity index is 1.67. The van der Waals surface area contributed by atoms with Gasteiger partial charge in [0.2, 0.25) is 0 Å². The Morgan fingerprint density at radius 3 is 2.80 bits per heavy atom. The molecule has 2 fully saturated rings. The lowest BCUT2D eigenvalue weighted by Crippen LogP contribution is -2.33. The van der Waals surface area contributed by atoms with E-state index in [0.717, 1.165) is 18.4 Å². The van der Waals surface area contributed by atoms with E-state index in [1.807, 2.05) is 11.9 Å². The van der Waals surface area contributed by atoms with Crippen molar-refractivity contribution in [2.75, 3.05) is 19.3 Å². The number of carbonyl (C=O) groups is 1. The fraction of sp³-hybridized carbons (Fsp3) is 0.562. The van der Waals surface area contributed by atoms with Crippen molar-refractivity contribution in [3.8, 4) is 0 Å². The van der Waals surface area contributed by atoms with Gasteiger partial charge in [0.25, 0.3) is 5.91 Å². The van der Waals surface area contributed by atoms with Crippen LogP contribution in [-0.4, -0.2) is 24.4 Å². The molecule has 0 saturated heterocycles. The van der Waals surface area contributed by atoms with Gasteiger partial charge < -0.3 is 10.6 Å². The first kappa shape index (κ1) is 13.7. The SMILES string of the molecule is CN(CC1CC2CCC1C2)C(=O)c1ccc(N)cc1Cl. The minimum atomic E-state index is -0.00206. The molecule has 4 heteroatoms. The zero-order valence-electron chi connectivity index (χ0n) is 11.8. The minimum Gasteiger partial charge on any atom is -0.399 e. The van der Waals surface area contributed by atoms with E-state index in [1.165, 1.54) is 25.7 Å². The molecule has 1 aromatic rings. The molecule has 2 N–H and O–H groups in total. The summed E-state index contributed by atoms with van der Waals surface area (Å²) < 4.78 is 0. The van der Waals surface area contributed by atoms with Gasteiger partial charge in [-0.05, 0) is 55.2 Å². The van der Waals surface area contributed by atoms with Crippen molar-refractivity contribution in [3.63, 3.8) is 0 Å². The minimum absolute atomic E-state index is 0.00206. The maximum Gasteiger partial charge on any atom is 0.255 e. The number of rotatable bonds is 3. The van der Waals surface area contributed by atoms with Gasteiger partial charge in [0.05, 0.1) is 10.6 Å². The number of amides is 1. The number of anilines is 1. The smallest absolute Gasteiger partial charge is 0.255 e. The molecule has 1 amide bonds. The lowest BCUT2D eigenvalue weighted by atomic mass is 9.88. The molecule has 2 saturated carbocycles. The number of hydrogen-bond acceptors (Lipinski definition) is 2. The lowest BCUT2D eigenvalue weighted by Gasteiger charge is -2.27. The number of nitrogens with zero attached hydrogens (tertiary/aromatic N) is 1. The van der Waals surface area contributed by atoms with Crippen LogP contribution in [-0.2, 0) is 0 Å². The Labute approximate surface area is 125 Å². The van der Waals surface area contributed by atoms with Gasteiger partial charge in [-0.1, -0.05) is 18.0 Å². The molecule has 3 nitrogen and oxygen atoms in total. The van der Waals surface area contributed by atoms with Gasteiger partial charge in [0.15, 0.2) is 0 Å². The van der Waals surface area contributed by atoms with Crippen molar-refractivity contribution >= 4 is 23.2 Å². The average Bonchev–Trinajstić information content (AvgIpc) is 3.00. The van der Waals surface area contributed by atoms with Crippen molar-refractivity contribution < 1.29 is 4.79 Å². The molecule has 0 spiro atoms. The quantitative estimate of drug-likeness (QED) is 0.868. The van der Waals surface area contributed by atoms with Crippen LogP contribution in [0.1, 0.15) is 36.0 Å². The van der Waals surface area contributed by atoms with Crippen molar-refractivity contribution in [2.45, 2.75) is 25.7 Å². The van der Waals surface area contributed by atoms with Crippen LogP contribution in [0.5, 0.6) is 0 Å². The van der Waals surface area contributed by atoms with Gasteiger partial charge in [-0.25, -0.2) is 0 Å². The van der Waals surface area contributed by atoms with Crippen LogP contribution in [0.2, 0.25) is 5.02 Å². The van der Waals surface area contributed by atoms with Crippen molar-refractivity contribution in [2.24, 2.45) is 17.8 Å². The first-order chi connectivity index (χ1) is 9.54. The first-order valence-electron chi connectivity index (χ1n) is 7.35. The molecule has 2 bridgehead atoms. The summed E-state index contributed by atoms with van der Waals surface area (Å²) in [5.41, 5.74) is 6.80. The van der Waals surface area contributed by atoms with Crippen LogP contribution in [0.4, 0.5) is 5.69 Å². The summed E-state index contributed by atoms with van der Waals surface area (Å²) in [4.78, 5) is 14.3. The van der Waals surface area contributed by atoms with Crippen LogP contribution in [0, 0.1) is 17.8 Å². The number of benzene rings is 1. The van der Waals surface area contributed by atoms with E-state index in [0.29, 0.717) is 22.2 Å². The number of carbonyl (C=O) groups excluding carboxylic acids is 1. The predicted octanol–water partition coefficient (Wildman–Crippen LogP) is 3.43. The second-order valence-corrected chi connectivity index (χ2v) is 6.77. The number of nitrogen functional groups attached to an aromatic ring is 1. The van der Waals surface area contributed by atoms with Crippen LogP contribution < -0.4 is 5.73 Å². The summed E-state index contributed by atoms with van der Waals surface area (Å²) in [6, 6.07) is 5.09. The topological polar surface area (TPSA) is 46.3 Å². The Morgan fingerprint density at radius 1 is 1.40 bits per heavy atom. The van der Waals surface area contributed by atoms with Gasteiger partial charge in [-0.15, -0.1) is 0 Å². The Morgan fingerprint density at radius 2 is 2.20 bits per heavy atom. The molecular formula is C16H21ClN2O. The Hall–Kier alpha value is -1.22. The van der Waals surface area contributed by atoms with Crippen LogP contribution >= 0.6 is 11.6 Å². The molecule has 0 heterocycles. The summed E-state index contributed by atoms with van der Waals surface area (Å²) >= 11 is 6.12.